The third-order valence-electron chi connectivity index (χ3n) is 13.0. The van der Waals surface area contributed by atoms with Crippen molar-refractivity contribution in [3.63, 3.8) is 0 Å². The van der Waals surface area contributed by atoms with Crippen molar-refractivity contribution in [1.82, 2.24) is 19.1 Å². The van der Waals surface area contributed by atoms with Crippen molar-refractivity contribution in [3.8, 4) is 34.0 Å². The van der Waals surface area contributed by atoms with Crippen molar-refractivity contribution in [3.05, 3.63) is 206 Å². The molecule has 14 rings (SSSR count). The molecule has 0 amide bonds. The maximum absolute atomic E-state index is 6.32. The highest BCUT2D eigenvalue weighted by molar-refractivity contribution is 6.16. The van der Waals surface area contributed by atoms with Gasteiger partial charge in [-0.2, -0.15) is 0 Å². The predicted octanol–water partition coefficient (Wildman–Crippen LogP) is 15.4. The first-order valence-electron chi connectivity index (χ1n) is 21.4. The Morgan fingerprint density at radius 1 is 0.317 bits per heavy atom. The molecule has 0 atom stereocenters. The molecule has 14 aromatic rings. The molecule has 0 N–H and O–H groups in total. The van der Waals surface area contributed by atoms with Crippen LogP contribution in [0.25, 0.3) is 132 Å². The largest absolute Gasteiger partial charge is 0.456 e. The minimum absolute atomic E-state index is 0.671. The molecule has 5 heteroatoms. The van der Waals surface area contributed by atoms with Gasteiger partial charge in [-0.1, -0.05) is 121 Å². The van der Waals surface area contributed by atoms with E-state index in [2.05, 4.69) is 197 Å². The Balaban J connectivity index is 0.942. The molecule has 63 heavy (non-hydrogen) atoms. The fourth-order valence-corrected chi connectivity index (χ4v) is 10.1. The average molecular weight is 803 g/mol. The van der Waals surface area contributed by atoms with Crippen LogP contribution in [-0.4, -0.2) is 19.1 Å². The Hall–Kier alpha value is -8.54. The van der Waals surface area contributed by atoms with Gasteiger partial charge in [0.1, 0.15) is 11.2 Å². The summed E-state index contributed by atoms with van der Waals surface area (Å²) in [5, 5.41) is 13.0. The van der Waals surface area contributed by atoms with Crippen LogP contribution in [0.5, 0.6) is 0 Å². The van der Waals surface area contributed by atoms with Crippen LogP contribution in [0.4, 0.5) is 0 Å². The topological polar surface area (TPSA) is 48.8 Å². The second-order valence-corrected chi connectivity index (χ2v) is 16.6. The number of hydrogen-bond acceptors (Lipinski definition) is 3. The van der Waals surface area contributed by atoms with Gasteiger partial charge in [-0.25, -0.2) is 9.97 Å². The van der Waals surface area contributed by atoms with Crippen LogP contribution in [0.1, 0.15) is 0 Å². The second kappa shape index (κ2) is 13.0. The molecule has 0 radical (unpaired) electrons. The predicted molar refractivity (Wildman–Crippen MR) is 261 cm³/mol. The van der Waals surface area contributed by atoms with Crippen LogP contribution >= 0.6 is 0 Å². The van der Waals surface area contributed by atoms with E-state index >= 15 is 0 Å². The number of furan rings is 1. The molecule has 0 aliphatic rings. The molecular weight excluding hydrogens is 769 g/mol. The van der Waals surface area contributed by atoms with Gasteiger partial charge in [-0.3, -0.25) is 0 Å². The molecule has 10 aromatic carbocycles. The van der Waals surface area contributed by atoms with Crippen LogP contribution in [-0.2, 0) is 0 Å². The summed E-state index contributed by atoms with van der Waals surface area (Å²) in [5.41, 5.74) is 12.3. The Morgan fingerprint density at radius 2 is 0.921 bits per heavy atom. The molecule has 0 saturated carbocycles. The molecule has 0 bridgehead atoms. The minimum Gasteiger partial charge on any atom is -0.456 e. The highest BCUT2D eigenvalue weighted by Gasteiger charge is 2.19. The first-order valence-corrected chi connectivity index (χ1v) is 21.4. The Bertz CT molecular complexity index is 4230. The smallest absolute Gasteiger partial charge is 0.160 e. The van der Waals surface area contributed by atoms with Gasteiger partial charge >= 0.3 is 0 Å². The second-order valence-electron chi connectivity index (χ2n) is 16.6. The lowest BCUT2D eigenvalue weighted by Gasteiger charge is -2.13. The van der Waals surface area contributed by atoms with E-state index < -0.39 is 0 Å². The molecule has 0 aliphatic carbocycles. The molecule has 292 valence electrons. The van der Waals surface area contributed by atoms with E-state index in [1.165, 1.54) is 54.1 Å². The van der Waals surface area contributed by atoms with Crippen molar-refractivity contribution in [1.29, 1.82) is 0 Å². The quantitative estimate of drug-likeness (QED) is 0.178. The lowest BCUT2D eigenvalue weighted by atomic mass is 10.0. The van der Waals surface area contributed by atoms with Gasteiger partial charge in [-0.15, -0.1) is 0 Å². The minimum atomic E-state index is 0.671. The maximum atomic E-state index is 6.32. The van der Waals surface area contributed by atoms with E-state index in [9.17, 15) is 0 Å². The van der Waals surface area contributed by atoms with Crippen LogP contribution < -0.4 is 0 Å². The van der Waals surface area contributed by atoms with Crippen LogP contribution in [0.2, 0.25) is 0 Å². The summed E-state index contributed by atoms with van der Waals surface area (Å²) in [4.78, 5) is 10.5. The van der Waals surface area contributed by atoms with Crippen LogP contribution in [0.15, 0.2) is 211 Å². The Kier molecular flexibility index (Phi) is 7.05. The van der Waals surface area contributed by atoms with E-state index in [0.717, 1.165) is 72.1 Å². The number of para-hydroxylation sites is 4. The van der Waals surface area contributed by atoms with Gasteiger partial charge in [0.15, 0.2) is 5.82 Å². The standard InChI is InChI=1S/C58H34N4O/c1-2-13-36-32-53-48(30-35(36)12-1)43-16-5-9-22-52(43)62(53)42-26-24-37-31-49-44-17-4-8-21-51(44)61(54(49)33-40(37)29-42)41-15-11-14-39(28-41)58-59-50-20-7-3-19-47(50)57(60-58)38-25-27-46-45-18-6-10-23-55(45)63-56(46)34-38/h1-34H. The lowest BCUT2D eigenvalue weighted by Crippen LogP contribution is -1.98. The van der Waals surface area contributed by atoms with Gasteiger partial charge in [0, 0.05) is 60.2 Å². The molecule has 0 aliphatic heterocycles. The van der Waals surface area contributed by atoms with Crippen LogP contribution in [0.3, 0.4) is 0 Å². The van der Waals surface area contributed by atoms with E-state index in [-0.39, 0.29) is 0 Å². The van der Waals surface area contributed by atoms with Gasteiger partial charge in [0.2, 0.25) is 0 Å². The molecule has 0 fully saturated rings. The number of fused-ring (bicyclic) bond motifs is 12. The lowest BCUT2D eigenvalue weighted by molar-refractivity contribution is 0.669. The summed E-state index contributed by atoms with van der Waals surface area (Å²) < 4.78 is 11.1. The normalized spacial score (nSPS) is 12.1. The molecule has 4 aromatic heterocycles. The zero-order valence-corrected chi connectivity index (χ0v) is 33.8. The molecule has 0 spiro atoms. The van der Waals surface area contributed by atoms with Crippen molar-refractivity contribution in [2.45, 2.75) is 0 Å². The van der Waals surface area contributed by atoms with Crippen molar-refractivity contribution in [2.24, 2.45) is 0 Å². The number of benzene rings is 10. The first-order chi connectivity index (χ1) is 31.2. The highest BCUT2D eigenvalue weighted by atomic mass is 16.3. The fourth-order valence-electron chi connectivity index (χ4n) is 10.1. The number of rotatable bonds is 4. The van der Waals surface area contributed by atoms with Gasteiger partial charge in [0.25, 0.3) is 0 Å². The fraction of sp³-hybridized carbons (Fsp3) is 0. The number of aromatic nitrogens is 4. The third-order valence-corrected chi connectivity index (χ3v) is 13.0. The summed E-state index contributed by atoms with van der Waals surface area (Å²) in [6.07, 6.45) is 0. The molecule has 5 nitrogen and oxygen atoms in total. The van der Waals surface area contributed by atoms with Crippen molar-refractivity contribution < 1.29 is 4.42 Å². The molecule has 0 saturated heterocycles. The molecular formula is C58H34N4O. The SMILES string of the molecule is c1cc(-c2nc(-c3ccc4c(c3)oc3ccccc34)c3ccccc3n2)cc(-n2c3ccccc3c3cc4ccc(-n5c6ccccc6c6cc7ccccc7cc65)cc4cc32)c1. The van der Waals surface area contributed by atoms with Gasteiger partial charge in [0.05, 0.1) is 33.3 Å². The van der Waals surface area contributed by atoms with Crippen LogP contribution in [0, 0.1) is 0 Å². The van der Waals surface area contributed by atoms with E-state index in [4.69, 9.17) is 14.4 Å². The maximum Gasteiger partial charge on any atom is 0.160 e. The molecule has 0 unspecified atom stereocenters. The summed E-state index contributed by atoms with van der Waals surface area (Å²) in [5.74, 6) is 0.671. The summed E-state index contributed by atoms with van der Waals surface area (Å²) in [7, 11) is 0. The van der Waals surface area contributed by atoms with Gasteiger partial charge < -0.3 is 13.6 Å². The number of nitrogens with zero attached hydrogens (tertiary/aromatic N) is 4. The van der Waals surface area contributed by atoms with E-state index in [0.29, 0.717) is 5.82 Å². The molecule has 4 heterocycles. The summed E-state index contributed by atoms with van der Waals surface area (Å²) >= 11 is 0. The average Bonchev–Trinajstić information content (AvgIpc) is 3.99. The Labute approximate surface area is 360 Å². The van der Waals surface area contributed by atoms with Crippen molar-refractivity contribution in [2.75, 3.05) is 0 Å². The van der Waals surface area contributed by atoms with Crippen molar-refractivity contribution >= 4 is 98.0 Å². The van der Waals surface area contributed by atoms with Gasteiger partial charge in [-0.05, 0) is 106 Å². The highest BCUT2D eigenvalue weighted by Crippen LogP contribution is 2.40. The summed E-state index contributed by atoms with van der Waals surface area (Å²) in [6.45, 7) is 0. The monoisotopic (exact) mass is 802 g/mol. The van der Waals surface area contributed by atoms with E-state index in [1.54, 1.807) is 0 Å². The zero-order chi connectivity index (χ0) is 41.2. The first kappa shape index (κ1) is 34.2. The summed E-state index contributed by atoms with van der Waals surface area (Å²) in [6, 6.07) is 73.9. The third kappa shape index (κ3) is 5.11. The Morgan fingerprint density at radius 3 is 1.70 bits per heavy atom. The number of hydrogen-bond donors (Lipinski definition) is 0. The zero-order valence-electron chi connectivity index (χ0n) is 33.8. The van der Waals surface area contributed by atoms with E-state index in [1.807, 2.05) is 18.2 Å².